The number of nitrogens with zero attached hydrogens (tertiary/aromatic N) is 2. The minimum atomic E-state index is -0.250. The van der Waals surface area contributed by atoms with E-state index in [2.05, 4.69) is 31.4 Å². The molecule has 1 aromatic carbocycles. The van der Waals surface area contributed by atoms with E-state index in [0.717, 1.165) is 29.3 Å². The largest absolute Gasteiger partial charge is 0.344 e. The fraction of sp³-hybridized carbons (Fsp3) is 0.471. The molecule has 0 bridgehead atoms. The van der Waals surface area contributed by atoms with Crippen LogP contribution in [0.5, 0.6) is 0 Å². The number of carbonyl (C=O) groups excluding carboxylic acids is 1. The van der Waals surface area contributed by atoms with Crippen LogP contribution >= 0.6 is 15.9 Å². The summed E-state index contributed by atoms with van der Waals surface area (Å²) in [5.74, 6) is 1.42. The second-order valence-electron chi connectivity index (χ2n) is 6.32. The van der Waals surface area contributed by atoms with Gasteiger partial charge in [-0.3, -0.25) is 4.79 Å². The first kappa shape index (κ1) is 16.2. The number of rotatable bonds is 5. The lowest BCUT2D eigenvalue weighted by atomic mass is 9.84. The van der Waals surface area contributed by atoms with E-state index >= 15 is 0 Å². The van der Waals surface area contributed by atoms with Gasteiger partial charge in [0.05, 0.1) is 0 Å². The smallest absolute Gasteiger partial charge is 0.249 e. The highest BCUT2D eigenvalue weighted by Crippen LogP contribution is 2.29. The molecule has 0 unspecified atom stereocenters. The molecule has 1 fully saturated rings. The van der Waals surface area contributed by atoms with Gasteiger partial charge in [0.25, 0.3) is 0 Å². The number of nitrogens with one attached hydrogen (secondary N) is 1. The van der Waals surface area contributed by atoms with Crippen LogP contribution < -0.4 is 5.32 Å². The van der Waals surface area contributed by atoms with Crippen molar-refractivity contribution in [2.24, 2.45) is 11.8 Å². The molecule has 3 rings (SSSR count). The van der Waals surface area contributed by atoms with Gasteiger partial charge in [0.2, 0.25) is 17.6 Å². The lowest BCUT2D eigenvalue weighted by Crippen LogP contribution is -2.38. The molecule has 0 saturated heterocycles. The summed E-state index contributed by atoms with van der Waals surface area (Å²) in [6, 6.07) is 7.47. The summed E-state index contributed by atoms with van der Waals surface area (Å²) >= 11 is 3.41. The zero-order chi connectivity index (χ0) is 16.4. The van der Waals surface area contributed by atoms with E-state index in [1.54, 1.807) is 0 Å². The third-order valence-corrected chi connectivity index (χ3v) is 4.78. The van der Waals surface area contributed by atoms with Crippen LogP contribution in [-0.4, -0.2) is 16.0 Å². The lowest BCUT2D eigenvalue weighted by Gasteiger charge is -2.27. The zero-order valence-corrected chi connectivity index (χ0v) is 14.8. The summed E-state index contributed by atoms with van der Waals surface area (Å²) in [6.45, 7) is 4.07. The molecule has 1 aliphatic carbocycles. The van der Waals surface area contributed by atoms with Crippen LogP contribution in [0, 0.1) is 11.8 Å². The van der Waals surface area contributed by atoms with E-state index in [4.69, 9.17) is 4.52 Å². The Labute approximate surface area is 144 Å². The Morgan fingerprint density at radius 1 is 1.30 bits per heavy atom. The van der Waals surface area contributed by atoms with Crippen LogP contribution in [0.15, 0.2) is 33.3 Å². The molecule has 1 heterocycles. The molecule has 1 amide bonds. The minimum Gasteiger partial charge on any atom is -0.344 e. The third-order valence-electron chi connectivity index (χ3n) is 4.25. The van der Waals surface area contributed by atoms with Crippen molar-refractivity contribution in [1.82, 2.24) is 15.5 Å². The van der Waals surface area contributed by atoms with Gasteiger partial charge in [0.1, 0.15) is 6.04 Å². The molecule has 1 aliphatic rings. The molecular weight excluding hydrogens is 358 g/mol. The van der Waals surface area contributed by atoms with Crippen molar-refractivity contribution in [1.29, 1.82) is 0 Å². The summed E-state index contributed by atoms with van der Waals surface area (Å²) < 4.78 is 6.42. The number of hydrogen-bond donors (Lipinski definition) is 1. The van der Waals surface area contributed by atoms with Gasteiger partial charge in [0.15, 0.2) is 0 Å². The fourth-order valence-electron chi connectivity index (χ4n) is 2.53. The van der Waals surface area contributed by atoms with Crippen LogP contribution in [0.2, 0.25) is 0 Å². The highest BCUT2D eigenvalue weighted by atomic mass is 79.9. The van der Waals surface area contributed by atoms with Crippen LogP contribution in [0.25, 0.3) is 11.4 Å². The number of benzene rings is 1. The van der Waals surface area contributed by atoms with Gasteiger partial charge in [-0.05, 0) is 43.0 Å². The molecular formula is C17H20BrN3O2. The highest BCUT2D eigenvalue weighted by molar-refractivity contribution is 9.10. The van der Waals surface area contributed by atoms with Crippen molar-refractivity contribution in [3.8, 4) is 11.4 Å². The quantitative estimate of drug-likeness (QED) is 0.850. The molecule has 122 valence electrons. The Morgan fingerprint density at radius 2 is 2.00 bits per heavy atom. The lowest BCUT2D eigenvalue weighted by molar-refractivity contribution is -0.128. The first-order valence-electron chi connectivity index (χ1n) is 7.94. The van der Waals surface area contributed by atoms with Gasteiger partial charge >= 0.3 is 0 Å². The summed E-state index contributed by atoms with van der Waals surface area (Å²) in [6.07, 6.45) is 3.09. The van der Waals surface area contributed by atoms with Crippen LogP contribution in [0.1, 0.15) is 45.0 Å². The Morgan fingerprint density at radius 3 is 2.57 bits per heavy atom. The SMILES string of the molecule is CC(C)[C@@H](NC(=O)C1CCC1)c1nc(-c2ccc(Br)cc2)no1. The van der Waals surface area contributed by atoms with E-state index in [9.17, 15) is 4.79 Å². The van der Waals surface area contributed by atoms with Gasteiger partial charge in [-0.25, -0.2) is 0 Å². The predicted molar refractivity (Wildman–Crippen MR) is 90.5 cm³/mol. The van der Waals surface area contributed by atoms with Crippen molar-refractivity contribution < 1.29 is 9.32 Å². The van der Waals surface area contributed by atoms with Crippen molar-refractivity contribution in [2.45, 2.75) is 39.2 Å². The molecule has 1 saturated carbocycles. The topological polar surface area (TPSA) is 68.0 Å². The Bertz CT molecular complexity index is 677. The van der Waals surface area contributed by atoms with Crippen molar-refractivity contribution in [3.05, 3.63) is 34.6 Å². The Balaban J connectivity index is 1.77. The molecule has 0 radical (unpaired) electrons. The number of aromatic nitrogens is 2. The second kappa shape index (κ2) is 6.83. The van der Waals surface area contributed by atoms with Gasteiger partial charge < -0.3 is 9.84 Å². The summed E-state index contributed by atoms with van der Waals surface area (Å²) in [7, 11) is 0. The zero-order valence-electron chi connectivity index (χ0n) is 13.3. The molecule has 2 aromatic rings. The van der Waals surface area contributed by atoms with Crippen LogP contribution in [0.4, 0.5) is 0 Å². The Kier molecular flexibility index (Phi) is 4.80. The molecule has 5 nitrogen and oxygen atoms in total. The van der Waals surface area contributed by atoms with E-state index in [1.165, 1.54) is 0 Å². The van der Waals surface area contributed by atoms with Crippen molar-refractivity contribution in [3.63, 3.8) is 0 Å². The molecule has 1 aromatic heterocycles. The normalized spacial score (nSPS) is 16.2. The van der Waals surface area contributed by atoms with Gasteiger partial charge in [-0.1, -0.05) is 41.4 Å². The first-order chi connectivity index (χ1) is 11.0. The highest BCUT2D eigenvalue weighted by Gasteiger charge is 2.30. The number of amides is 1. The van der Waals surface area contributed by atoms with Crippen LogP contribution in [0.3, 0.4) is 0 Å². The number of hydrogen-bond acceptors (Lipinski definition) is 4. The summed E-state index contributed by atoms with van der Waals surface area (Å²) in [5, 5.41) is 7.12. The van der Waals surface area contributed by atoms with E-state index in [-0.39, 0.29) is 23.8 Å². The number of halogens is 1. The average Bonchev–Trinajstić information content (AvgIpc) is 2.92. The monoisotopic (exact) mass is 377 g/mol. The molecule has 6 heteroatoms. The molecule has 0 spiro atoms. The van der Waals surface area contributed by atoms with Gasteiger partial charge in [0, 0.05) is 16.0 Å². The van der Waals surface area contributed by atoms with E-state index in [1.807, 2.05) is 38.1 Å². The fourth-order valence-corrected chi connectivity index (χ4v) is 2.80. The maximum atomic E-state index is 12.2. The molecule has 0 aliphatic heterocycles. The predicted octanol–water partition coefficient (Wildman–Crippen LogP) is 4.11. The number of carbonyl (C=O) groups is 1. The standard InChI is InChI=1S/C17H20BrN3O2/c1-10(2)14(19-16(22)12-4-3-5-12)17-20-15(21-23-17)11-6-8-13(18)9-7-11/h6-10,12,14H,3-5H2,1-2H3,(H,19,22)/t14-/m1/s1. The third kappa shape index (κ3) is 3.63. The maximum absolute atomic E-state index is 12.2. The first-order valence-corrected chi connectivity index (χ1v) is 8.74. The maximum Gasteiger partial charge on any atom is 0.249 e. The van der Waals surface area contributed by atoms with E-state index in [0.29, 0.717) is 11.7 Å². The van der Waals surface area contributed by atoms with Crippen LogP contribution in [-0.2, 0) is 4.79 Å². The van der Waals surface area contributed by atoms with Crippen molar-refractivity contribution in [2.75, 3.05) is 0 Å². The molecule has 1 N–H and O–H groups in total. The minimum absolute atomic E-state index is 0.0957. The van der Waals surface area contributed by atoms with Gasteiger partial charge in [-0.2, -0.15) is 4.98 Å². The van der Waals surface area contributed by atoms with Crippen molar-refractivity contribution >= 4 is 21.8 Å². The molecule has 1 atom stereocenters. The molecule has 23 heavy (non-hydrogen) atoms. The summed E-state index contributed by atoms with van der Waals surface area (Å²) in [5.41, 5.74) is 0.885. The summed E-state index contributed by atoms with van der Waals surface area (Å²) in [4.78, 5) is 16.7. The average molecular weight is 378 g/mol. The van der Waals surface area contributed by atoms with E-state index < -0.39 is 0 Å². The van der Waals surface area contributed by atoms with Gasteiger partial charge in [-0.15, -0.1) is 0 Å². The Hall–Kier alpha value is -1.69. The second-order valence-corrected chi connectivity index (χ2v) is 7.24.